The van der Waals surface area contributed by atoms with Crippen molar-refractivity contribution in [3.63, 3.8) is 0 Å². The Kier molecular flexibility index (Phi) is 2.12. The van der Waals surface area contributed by atoms with Crippen molar-refractivity contribution < 1.29 is 4.79 Å². The minimum absolute atomic E-state index is 0.0544. The molecule has 1 aromatic carbocycles. The van der Waals surface area contributed by atoms with Crippen LogP contribution in [-0.2, 0) is 4.79 Å². The molecule has 2 nitrogen and oxygen atoms in total. The van der Waals surface area contributed by atoms with Gasteiger partial charge in [-0.1, -0.05) is 34.1 Å². The molecule has 0 aromatic heterocycles. The van der Waals surface area contributed by atoms with Gasteiger partial charge in [0.25, 0.3) is 0 Å². The fourth-order valence-corrected chi connectivity index (χ4v) is 2.21. The first kappa shape index (κ1) is 8.75. The number of rotatable bonds is 2. The highest BCUT2D eigenvalue weighted by atomic mass is 79.9. The van der Waals surface area contributed by atoms with E-state index in [1.807, 2.05) is 24.3 Å². The summed E-state index contributed by atoms with van der Waals surface area (Å²) in [6.45, 7) is 0. The zero-order valence-corrected chi connectivity index (χ0v) is 8.62. The summed E-state index contributed by atoms with van der Waals surface area (Å²) in [4.78, 5) is 10.9. The Morgan fingerprint density at radius 3 is 2.69 bits per heavy atom. The largest absolute Gasteiger partial charge is 0.369 e. The molecule has 0 heterocycles. The Balaban J connectivity index is 2.21. The smallest absolute Gasteiger partial charge is 0.221 e. The van der Waals surface area contributed by atoms with E-state index >= 15 is 0 Å². The molecular formula is C10H10BrNO. The van der Waals surface area contributed by atoms with Crippen LogP contribution in [0.3, 0.4) is 0 Å². The zero-order valence-electron chi connectivity index (χ0n) is 7.03. The van der Waals surface area contributed by atoms with Crippen LogP contribution in [0.1, 0.15) is 17.9 Å². The van der Waals surface area contributed by atoms with Gasteiger partial charge in [0, 0.05) is 10.4 Å². The number of nitrogens with two attached hydrogens (primary N) is 1. The topological polar surface area (TPSA) is 43.1 Å². The molecule has 13 heavy (non-hydrogen) atoms. The minimum atomic E-state index is -0.180. The Morgan fingerprint density at radius 1 is 1.46 bits per heavy atom. The third-order valence-electron chi connectivity index (χ3n) is 2.46. The second kappa shape index (κ2) is 3.14. The van der Waals surface area contributed by atoms with Gasteiger partial charge in [0.1, 0.15) is 0 Å². The first-order valence-corrected chi connectivity index (χ1v) is 5.03. The normalized spacial score (nSPS) is 25.6. The number of benzene rings is 1. The van der Waals surface area contributed by atoms with Gasteiger partial charge in [-0.2, -0.15) is 0 Å². The number of amides is 1. The summed E-state index contributed by atoms with van der Waals surface area (Å²) in [5.41, 5.74) is 6.42. The molecule has 2 N–H and O–H groups in total. The van der Waals surface area contributed by atoms with Gasteiger partial charge in [-0.3, -0.25) is 4.79 Å². The third-order valence-corrected chi connectivity index (χ3v) is 3.18. The van der Waals surface area contributed by atoms with Crippen LogP contribution in [0.5, 0.6) is 0 Å². The summed E-state index contributed by atoms with van der Waals surface area (Å²) in [5.74, 6) is 0.215. The minimum Gasteiger partial charge on any atom is -0.369 e. The lowest BCUT2D eigenvalue weighted by Gasteiger charge is -2.01. The molecule has 1 aliphatic rings. The van der Waals surface area contributed by atoms with E-state index in [-0.39, 0.29) is 11.8 Å². The highest BCUT2D eigenvalue weighted by Gasteiger charge is 2.43. The first-order valence-electron chi connectivity index (χ1n) is 4.24. The fraction of sp³-hybridized carbons (Fsp3) is 0.300. The molecule has 68 valence electrons. The van der Waals surface area contributed by atoms with Crippen LogP contribution in [0.15, 0.2) is 28.7 Å². The van der Waals surface area contributed by atoms with Crippen LogP contribution in [0, 0.1) is 5.92 Å². The summed E-state index contributed by atoms with van der Waals surface area (Å²) in [5, 5.41) is 0. The summed E-state index contributed by atoms with van der Waals surface area (Å²) in [7, 11) is 0. The van der Waals surface area contributed by atoms with Gasteiger partial charge in [0.2, 0.25) is 5.91 Å². The number of carbonyl (C=O) groups is 1. The van der Waals surface area contributed by atoms with Gasteiger partial charge in [-0.25, -0.2) is 0 Å². The second-order valence-electron chi connectivity index (χ2n) is 3.37. The Labute approximate surface area is 85.3 Å². The van der Waals surface area contributed by atoms with Crippen LogP contribution in [0.4, 0.5) is 0 Å². The monoisotopic (exact) mass is 239 g/mol. The van der Waals surface area contributed by atoms with Crippen molar-refractivity contribution in [3.05, 3.63) is 34.3 Å². The van der Waals surface area contributed by atoms with Crippen LogP contribution >= 0.6 is 15.9 Å². The molecule has 0 spiro atoms. The first-order chi connectivity index (χ1) is 6.20. The Hall–Kier alpha value is -0.830. The maximum Gasteiger partial charge on any atom is 0.221 e. The highest BCUT2D eigenvalue weighted by Crippen LogP contribution is 2.49. The molecule has 1 fully saturated rings. The Morgan fingerprint density at radius 2 is 2.15 bits per heavy atom. The predicted molar refractivity (Wildman–Crippen MR) is 54.2 cm³/mol. The van der Waals surface area contributed by atoms with Crippen LogP contribution in [-0.4, -0.2) is 5.91 Å². The number of primary amides is 1. The van der Waals surface area contributed by atoms with E-state index in [4.69, 9.17) is 5.73 Å². The van der Waals surface area contributed by atoms with Crippen molar-refractivity contribution in [1.29, 1.82) is 0 Å². The van der Waals surface area contributed by atoms with Crippen molar-refractivity contribution >= 4 is 21.8 Å². The molecule has 2 rings (SSSR count). The molecule has 2 atom stereocenters. The van der Waals surface area contributed by atoms with Gasteiger partial charge in [0.05, 0.1) is 0 Å². The van der Waals surface area contributed by atoms with Crippen molar-refractivity contribution in [1.82, 2.24) is 0 Å². The standard InChI is InChI=1S/C10H10BrNO/c11-9-4-2-1-3-6(9)7-5-8(7)10(12)13/h1-4,7-8H,5H2,(H2,12,13)/t7-,8+/m0/s1. The lowest BCUT2D eigenvalue weighted by Crippen LogP contribution is -2.13. The molecular weight excluding hydrogens is 230 g/mol. The van der Waals surface area contributed by atoms with Gasteiger partial charge >= 0.3 is 0 Å². The van der Waals surface area contributed by atoms with Crippen LogP contribution in [0.25, 0.3) is 0 Å². The van der Waals surface area contributed by atoms with Gasteiger partial charge < -0.3 is 5.73 Å². The fourth-order valence-electron chi connectivity index (χ4n) is 1.63. The molecule has 1 aliphatic carbocycles. The number of hydrogen-bond donors (Lipinski definition) is 1. The van der Waals surface area contributed by atoms with E-state index in [1.54, 1.807) is 0 Å². The number of carbonyl (C=O) groups excluding carboxylic acids is 1. The van der Waals surface area contributed by atoms with E-state index < -0.39 is 0 Å². The highest BCUT2D eigenvalue weighted by molar-refractivity contribution is 9.10. The molecule has 0 bridgehead atoms. The lowest BCUT2D eigenvalue weighted by atomic mass is 10.1. The van der Waals surface area contributed by atoms with Gasteiger partial charge in [-0.15, -0.1) is 0 Å². The predicted octanol–water partition coefficient (Wildman–Crippen LogP) is 2.04. The lowest BCUT2D eigenvalue weighted by molar-refractivity contribution is -0.119. The van der Waals surface area contributed by atoms with E-state index in [0.29, 0.717) is 5.92 Å². The van der Waals surface area contributed by atoms with Crippen molar-refractivity contribution in [2.75, 3.05) is 0 Å². The third kappa shape index (κ3) is 1.61. The van der Waals surface area contributed by atoms with Crippen LogP contribution < -0.4 is 5.73 Å². The summed E-state index contributed by atoms with van der Waals surface area (Å²) < 4.78 is 1.07. The van der Waals surface area contributed by atoms with Gasteiger partial charge in [-0.05, 0) is 24.0 Å². The van der Waals surface area contributed by atoms with E-state index in [2.05, 4.69) is 15.9 Å². The molecule has 1 amide bonds. The second-order valence-corrected chi connectivity index (χ2v) is 4.23. The number of halogens is 1. The summed E-state index contributed by atoms with van der Waals surface area (Å²) >= 11 is 3.46. The Bertz CT molecular complexity index is 351. The molecule has 1 aromatic rings. The molecule has 1 saturated carbocycles. The van der Waals surface area contributed by atoms with Gasteiger partial charge in [0.15, 0.2) is 0 Å². The maximum absolute atomic E-state index is 10.9. The average Bonchev–Trinajstić information content (AvgIpc) is 2.84. The molecule has 0 aliphatic heterocycles. The average molecular weight is 240 g/mol. The molecule has 0 saturated heterocycles. The maximum atomic E-state index is 10.9. The molecule has 3 heteroatoms. The zero-order chi connectivity index (χ0) is 9.42. The quantitative estimate of drug-likeness (QED) is 0.844. The van der Waals surface area contributed by atoms with Crippen molar-refractivity contribution in [2.24, 2.45) is 11.7 Å². The van der Waals surface area contributed by atoms with Crippen molar-refractivity contribution in [3.8, 4) is 0 Å². The summed E-state index contributed by atoms with van der Waals surface area (Å²) in [6.07, 6.45) is 0.901. The van der Waals surface area contributed by atoms with E-state index in [9.17, 15) is 4.79 Å². The SMILES string of the molecule is NC(=O)[C@@H]1C[C@H]1c1ccccc1Br. The summed E-state index contributed by atoms with van der Waals surface area (Å²) in [6, 6.07) is 7.98. The van der Waals surface area contributed by atoms with E-state index in [1.165, 1.54) is 5.56 Å². The molecule has 0 radical (unpaired) electrons. The van der Waals surface area contributed by atoms with Crippen LogP contribution in [0.2, 0.25) is 0 Å². The van der Waals surface area contributed by atoms with E-state index in [0.717, 1.165) is 10.9 Å². The number of hydrogen-bond acceptors (Lipinski definition) is 1. The molecule has 0 unspecified atom stereocenters. The van der Waals surface area contributed by atoms with Crippen molar-refractivity contribution in [2.45, 2.75) is 12.3 Å².